The highest BCUT2D eigenvalue weighted by molar-refractivity contribution is 5.42. The molecule has 5 heteroatoms. The van der Waals surface area contributed by atoms with Crippen molar-refractivity contribution < 1.29 is 4.74 Å². The largest absolute Gasteiger partial charge is 0.383 e. The number of hydrogen-bond acceptors (Lipinski definition) is 5. The number of likely N-dealkylation sites (N-methyl/N-ethyl adjacent to an activating group) is 1. The van der Waals surface area contributed by atoms with Crippen LogP contribution in [0.25, 0.3) is 0 Å². The van der Waals surface area contributed by atoms with Gasteiger partial charge in [0.2, 0.25) is 5.95 Å². The number of rotatable bonds is 7. The molecule has 1 aromatic rings. The van der Waals surface area contributed by atoms with Gasteiger partial charge in [-0.2, -0.15) is 4.98 Å². The monoisotopic (exact) mass is 238 g/mol. The van der Waals surface area contributed by atoms with E-state index < -0.39 is 0 Å². The van der Waals surface area contributed by atoms with Crippen LogP contribution in [-0.4, -0.2) is 43.3 Å². The van der Waals surface area contributed by atoms with Gasteiger partial charge in [0.05, 0.1) is 12.6 Å². The first-order chi connectivity index (χ1) is 8.19. The molecule has 5 nitrogen and oxygen atoms in total. The van der Waals surface area contributed by atoms with Gasteiger partial charge in [-0.15, -0.1) is 0 Å². The van der Waals surface area contributed by atoms with Crippen molar-refractivity contribution in [3.05, 3.63) is 12.3 Å². The fourth-order valence-electron chi connectivity index (χ4n) is 1.45. The first-order valence-corrected chi connectivity index (χ1v) is 5.97. The minimum absolute atomic E-state index is 0.286. The molecule has 1 unspecified atom stereocenters. The summed E-state index contributed by atoms with van der Waals surface area (Å²) in [5.74, 6) is 1.59. The third kappa shape index (κ3) is 4.19. The van der Waals surface area contributed by atoms with Crippen molar-refractivity contribution in [1.29, 1.82) is 0 Å². The number of nitrogens with one attached hydrogen (secondary N) is 1. The summed E-state index contributed by atoms with van der Waals surface area (Å²) in [7, 11) is 3.72. The molecule has 0 aliphatic rings. The quantitative estimate of drug-likeness (QED) is 0.784. The van der Waals surface area contributed by atoms with E-state index in [0.29, 0.717) is 12.6 Å². The molecule has 96 valence electrons. The number of anilines is 2. The molecule has 0 saturated carbocycles. The Morgan fingerprint density at radius 1 is 1.53 bits per heavy atom. The van der Waals surface area contributed by atoms with Crippen molar-refractivity contribution in [2.75, 3.05) is 37.5 Å². The summed E-state index contributed by atoms with van der Waals surface area (Å²) >= 11 is 0. The number of aromatic nitrogens is 2. The van der Waals surface area contributed by atoms with Gasteiger partial charge in [-0.05, 0) is 19.4 Å². The molecule has 0 fully saturated rings. The maximum absolute atomic E-state index is 5.14. The standard InChI is InChI=1S/C12H22N4O/c1-5-7-13-12-14-8-6-11(15-12)16(3)10(2)9-17-4/h6,8,10H,5,7,9H2,1-4H3,(H,13,14,15). The molecule has 0 amide bonds. The van der Waals surface area contributed by atoms with E-state index in [9.17, 15) is 0 Å². The van der Waals surface area contributed by atoms with E-state index in [1.54, 1.807) is 13.3 Å². The summed E-state index contributed by atoms with van der Waals surface area (Å²) in [5, 5.41) is 3.18. The third-order valence-electron chi connectivity index (χ3n) is 2.60. The Morgan fingerprint density at radius 3 is 2.94 bits per heavy atom. The van der Waals surface area contributed by atoms with Crippen LogP contribution >= 0.6 is 0 Å². The van der Waals surface area contributed by atoms with Gasteiger partial charge in [0.25, 0.3) is 0 Å². The predicted molar refractivity (Wildman–Crippen MR) is 70.6 cm³/mol. The van der Waals surface area contributed by atoms with Crippen molar-refractivity contribution in [3.8, 4) is 0 Å². The highest BCUT2D eigenvalue weighted by Gasteiger charge is 2.11. The average molecular weight is 238 g/mol. The minimum atomic E-state index is 0.286. The van der Waals surface area contributed by atoms with Crippen LogP contribution in [0.5, 0.6) is 0 Å². The molecule has 1 atom stereocenters. The van der Waals surface area contributed by atoms with Gasteiger partial charge in [-0.1, -0.05) is 6.92 Å². The zero-order valence-corrected chi connectivity index (χ0v) is 11.1. The minimum Gasteiger partial charge on any atom is -0.383 e. The van der Waals surface area contributed by atoms with E-state index >= 15 is 0 Å². The van der Waals surface area contributed by atoms with E-state index in [-0.39, 0.29) is 6.04 Å². The Kier molecular flexibility index (Phi) is 5.69. The highest BCUT2D eigenvalue weighted by Crippen LogP contribution is 2.13. The number of methoxy groups -OCH3 is 1. The maximum Gasteiger partial charge on any atom is 0.224 e. The zero-order chi connectivity index (χ0) is 12.7. The average Bonchev–Trinajstić information content (AvgIpc) is 2.36. The Morgan fingerprint density at radius 2 is 2.29 bits per heavy atom. The fourth-order valence-corrected chi connectivity index (χ4v) is 1.45. The molecule has 0 bridgehead atoms. The molecule has 0 radical (unpaired) electrons. The number of nitrogens with zero attached hydrogens (tertiary/aromatic N) is 3. The van der Waals surface area contributed by atoms with E-state index in [2.05, 4.69) is 34.0 Å². The van der Waals surface area contributed by atoms with Gasteiger partial charge in [0.15, 0.2) is 0 Å². The van der Waals surface area contributed by atoms with Crippen LogP contribution in [0.15, 0.2) is 12.3 Å². The smallest absolute Gasteiger partial charge is 0.224 e. The van der Waals surface area contributed by atoms with E-state index in [1.165, 1.54) is 0 Å². The molecule has 0 aromatic carbocycles. The van der Waals surface area contributed by atoms with Crippen LogP contribution in [0.2, 0.25) is 0 Å². The van der Waals surface area contributed by atoms with E-state index in [1.807, 2.05) is 13.1 Å². The molecule has 1 N–H and O–H groups in total. The summed E-state index contributed by atoms with van der Waals surface area (Å²) in [6, 6.07) is 2.19. The lowest BCUT2D eigenvalue weighted by Gasteiger charge is -2.25. The lowest BCUT2D eigenvalue weighted by atomic mass is 10.3. The van der Waals surface area contributed by atoms with Gasteiger partial charge in [0, 0.05) is 26.9 Å². The summed E-state index contributed by atoms with van der Waals surface area (Å²) in [5.41, 5.74) is 0. The molecule has 1 aromatic heterocycles. The fraction of sp³-hybridized carbons (Fsp3) is 0.667. The van der Waals surface area contributed by atoms with E-state index in [4.69, 9.17) is 4.74 Å². The van der Waals surface area contributed by atoms with Gasteiger partial charge < -0.3 is 15.0 Å². The summed E-state index contributed by atoms with van der Waals surface area (Å²) < 4.78 is 5.14. The second kappa shape index (κ2) is 7.06. The molecule has 0 aliphatic heterocycles. The van der Waals surface area contributed by atoms with Crippen LogP contribution in [0.3, 0.4) is 0 Å². The lowest BCUT2D eigenvalue weighted by molar-refractivity contribution is 0.183. The van der Waals surface area contributed by atoms with Crippen molar-refractivity contribution in [1.82, 2.24) is 9.97 Å². The summed E-state index contributed by atoms with van der Waals surface area (Å²) in [6.45, 7) is 5.79. The zero-order valence-electron chi connectivity index (χ0n) is 11.1. The Labute approximate surface area is 103 Å². The van der Waals surface area contributed by atoms with Crippen LogP contribution in [0, 0.1) is 0 Å². The maximum atomic E-state index is 5.14. The molecule has 0 spiro atoms. The molecular formula is C12H22N4O. The highest BCUT2D eigenvalue weighted by atomic mass is 16.5. The summed E-state index contributed by atoms with van der Waals surface area (Å²) in [4.78, 5) is 10.7. The van der Waals surface area contributed by atoms with Crippen LogP contribution in [0.4, 0.5) is 11.8 Å². The van der Waals surface area contributed by atoms with Crippen molar-refractivity contribution in [2.24, 2.45) is 0 Å². The Bertz CT molecular complexity index is 332. The normalized spacial score (nSPS) is 12.2. The Balaban J connectivity index is 2.69. The van der Waals surface area contributed by atoms with Crippen LogP contribution < -0.4 is 10.2 Å². The first kappa shape index (κ1) is 13.7. The number of hydrogen-bond donors (Lipinski definition) is 1. The van der Waals surface area contributed by atoms with Crippen molar-refractivity contribution in [2.45, 2.75) is 26.3 Å². The van der Waals surface area contributed by atoms with Gasteiger partial charge >= 0.3 is 0 Å². The van der Waals surface area contributed by atoms with Crippen molar-refractivity contribution in [3.63, 3.8) is 0 Å². The van der Waals surface area contributed by atoms with Crippen LogP contribution in [-0.2, 0) is 4.74 Å². The second-order valence-electron chi connectivity index (χ2n) is 4.08. The Hall–Kier alpha value is -1.36. The molecule has 1 rings (SSSR count). The predicted octanol–water partition coefficient (Wildman–Crippen LogP) is 1.77. The molecule has 17 heavy (non-hydrogen) atoms. The summed E-state index contributed by atoms with van der Waals surface area (Å²) in [6.07, 6.45) is 2.83. The molecular weight excluding hydrogens is 216 g/mol. The van der Waals surface area contributed by atoms with Crippen molar-refractivity contribution >= 4 is 11.8 Å². The lowest BCUT2D eigenvalue weighted by Crippen LogP contribution is -2.33. The van der Waals surface area contributed by atoms with E-state index in [0.717, 1.165) is 18.8 Å². The SMILES string of the molecule is CCCNc1nccc(N(C)C(C)COC)n1. The second-order valence-corrected chi connectivity index (χ2v) is 4.08. The molecule has 0 aliphatic carbocycles. The third-order valence-corrected chi connectivity index (χ3v) is 2.60. The molecule has 1 heterocycles. The van der Waals surface area contributed by atoms with Gasteiger partial charge in [-0.25, -0.2) is 4.98 Å². The first-order valence-electron chi connectivity index (χ1n) is 5.97. The topological polar surface area (TPSA) is 50.3 Å². The van der Waals surface area contributed by atoms with Gasteiger partial charge in [0.1, 0.15) is 5.82 Å². The van der Waals surface area contributed by atoms with Gasteiger partial charge in [-0.3, -0.25) is 0 Å². The number of ether oxygens (including phenoxy) is 1. The molecule has 0 saturated heterocycles. The van der Waals surface area contributed by atoms with Crippen LogP contribution in [0.1, 0.15) is 20.3 Å².